The summed E-state index contributed by atoms with van der Waals surface area (Å²) in [5, 5.41) is 9.03. The second-order valence-corrected chi connectivity index (χ2v) is 4.71. The maximum Gasteiger partial charge on any atom is 0.136 e. The highest BCUT2D eigenvalue weighted by molar-refractivity contribution is 9.10. The van der Waals surface area contributed by atoms with Crippen molar-refractivity contribution < 1.29 is 4.79 Å². The van der Waals surface area contributed by atoms with E-state index in [0.29, 0.717) is 37.3 Å². The summed E-state index contributed by atoms with van der Waals surface area (Å²) in [7, 11) is 0. The van der Waals surface area contributed by atoms with Crippen LogP contribution >= 0.6 is 15.9 Å². The molecule has 1 aromatic rings. The quantitative estimate of drug-likeness (QED) is 0.793. The zero-order valence-electron chi connectivity index (χ0n) is 8.74. The van der Waals surface area contributed by atoms with Crippen molar-refractivity contribution in [1.29, 1.82) is 5.26 Å². The second kappa shape index (κ2) is 4.67. The van der Waals surface area contributed by atoms with E-state index in [9.17, 15) is 4.79 Å². The Bertz CT molecular complexity index is 455. The van der Waals surface area contributed by atoms with E-state index in [1.807, 2.05) is 12.1 Å². The van der Waals surface area contributed by atoms with Crippen molar-refractivity contribution in [2.45, 2.75) is 12.8 Å². The molecule has 0 unspecified atom stereocenters. The number of nitrogens with zero attached hydrogens (tertiary/aromatic N) is 2. The van der Waals surface area contributed by atoms with Crippen LogP contribution in [-0.2, 0) is 4.79 Å². The SMILES string of the molecule is N#Cc1ccc(Br)cc1N1CCC(=O)CC1. The Morgan fingerprint density at radius 1 is 1.31 bits per heavy atom. The Kier molecular flexibility index (Phi) is 3.25. The van der Waals surface area contributed by atoms with E-state index in [0.717, 1.165) is 10.2 Å². The van der Waals surface area contributed by atoms with Crippen LogP contribution < -0.4 is 4.90 Å². The third-order valence-corrected chi connectivity index (χ3v) is 3.24. The fourth-order valence-electron chi connectivity index (χ4n) is 1.86. The minimum atomic E-state index is 0.310. The van der Waals surface area contributed by atoms with Gasteiger partial charge in [-0.15, -0.1) is 0 Å². The van der Waals surface area contributed by atoms with Gasteiger partial charge in [0.25, 0.3) is 0 Å². The fraction of sp³-hybridized carbons (Fsp3) is 0.333. The normalized spacial score (nSPS) is 16.0. The molecule has 0 saturated carbocycles. The summed E-state index contributed by atoms with van der Waals surface area (Å²) in [6.45, 7) is 1.42. The second-order valence-electron chi connectivity index (χ2n) is 3.80. The first-order chi connectivity index (χ1) is 7.70. The molecule has 1 saturated heterocycles. The maximum absolute atomic E-state index is 11.2. The molecule has 16 heavy (non-hydrogen) atoms. The summed E-state index contributed by atoms with van der Waals surface area (Å²) in [6.07, 6.45) is 1.16. The van der Waals surface area contributed by atoms with Gasteiger partial charge in [-0.3, -0.25) is 4.79 Å². The number of Topliss-reactive ketones (excluding diaryl/α,β-unsaturated/α-hetero) is 1. The fourth-order valence-corrected chi connectivity index (χ4v) is 2.21. The van der Waals surface area contributed by atoms with Crippen molar-refractivity contribution in [2.24, 2.45) is 0 Å². The summed E-state index contributed by atoms with van der Waals surface area (Å²) in [5.41, 5.74) is 1.59. The molecule has 0 N–H and O–H groups in total. The highest BCUT2D eigenvalue weighted by Crippen LogP contribution is 2.26. The van der Waals surface area contributed by atoms with Crippen LogP contribution in [0.15, 0.2) is 22.7 Å². The summed E-state index contributed by atoms with van der Waals surface area (Å²) in [4.78, 5) is 13.3. The number of anilines is 1. The molecule has 0 atom stereocenters. The van der Waals surface area contributed by atoms with E-state index >= 15 is 0 Å². The van der Waals surface area contributed by atoms with E-state index in [1.54, 1.807) is 6.07 Å². The minimum absolute atomic E-state index is 0.310. The van der Waals surface area contributed by atoms with Crippen molar-refractivity contribution in [2.75, 3.05) is 18.0 Å². The maximum atomic E-state index is 11.2. The van der Waals surface area contributed by atoms with Crippen LogP contribution in [0.2, 0.25) is 0 Å². The predicted molar refractivity (Wildman–Crippen MR) is 65.3 cm³/mol. The number of benzene rings is 1. The molecule has 0 amide bonds. The van der Waals surface area contributed by atoms with Gasteiger partial charge in [-0.25, -0.2) is 0 Å². The Balaban J connectivity index is 2.29. The van der Waals surface area contributed by atoms with Gasteiger partial charge in [-0.05, 0) is 18.2 Å². The van der Waals surface area contributed by atoms with Crippen LogP contribution in [0.3, 0.4) is 0 Å². The lowest BCUT2D eigenvalue weighted by Gasteiger charge is -2.28. The van der Waals surface area contributed by atoms with E-state index in [4.69, 9.17) is 5.26 Å². The number of rotatable bonds is 1. The average molecular weight is 279 g/mol. The Morgan fingerprint density at radius 2 is 2.00 bits per heavy atom. The van der Waals surface area contributed by atoms with Gasteiger partial charge >= 0.3 is 0 Å². The summed E-state index contributed by atoms with van der Waals surface area (Å²) < 4.78 is 0.957. The van der Waals surface area contributed by atoms with Crippen molar-refractivity contribution in [1.82, 2.24) is 0 Å². The topological polar surface area (TPSA) is 44.1 Å². The van der Waals surface area contributed by atoms with Crippen LogP contribution in [-0.4, -0.2) is 18.9 Å². The van der Waals surface area contributed by atoms with E-state index in [1.165, 1.54) is 0 Å². The molecule has 2 rings (SSSR count). The highest BCUT2D eigenvalue weighted by Gasteiger charge is 2.18. The number of piperidine rings is 1. The monoisotopic (exact) mass is 278 g/mol. The van der Waals surface area contributed by atoms with Crippen molar-refractivity contribution in [3.05, 3.63) is 28.2 Å². The summed E-state index contributed by atoms with van der Waals surface area (Å²) in [5.74, 6) is 0.310. The molecule has 1 aliphatic rings. The first-order valence-corrected chi connectivity index (χ1v) is 5.96. The van der Waals surface area contributed by atoms with Crippen molar-refractivity contribution in [3.8, 4) is 6.07 Å². The van der Waals surface area contributed by atoms with Gasteiger partial charge in [0, 0.05) is 30.4 Å². The zero-order valence-corrected chi connectivity index (χ0v) is 10.3. The molecule has 1 aromatic carbocycles. The lowest BCUT2D eigenvalue weighted by Crippen LogP contribution is -2.34. The van der Waals surface area contributed by atoms with E-state index < -0.39 is 0 Å². The molecular weight excluding hydrogens is 268 g/mol. The van der Waals surface area contributed by atoms with Crippen molar-refractivity contribution >= 4 is 27.4 Å². The number of carbonyl (C=O) groups excluding carboxylic acids is 1. The molecule has 3 nitrogen and oxygen atoms in total. The van der Waals surface area contributed by atoms with Gasteiger partial charge in [0.2, 0.25) is 0 Å². The molecule has 0 aliphatic carbocycles. The van der Waals surface area contributed by atoms with Crippen molar-refractivity contribution in [3.63, 3.8) is 0 Å². The van der Waals surface area contributed by atoms with Gasteiger partial charge < -0.3 is 4.90 Å². The number of ketones is 1. The van der Waals surface area contributed by atoms with E-state index in [-0.39, 0.29) is 0 Å². The lowest BCUT2D eigenvalue weighted by molar-refractivity contribution is -0.119. The lowest BCUT2D eigenvalue weighted by atomic mass is 10.1. The van der Waals surface area contributed by atoms with Crippen LogP contribution in [0.25, 0.3) is 0 Å². The van der Waals surface area contributed by atoms with Gasteiger partial charge in [0.1, 0.15) is 11.9 Å². The summed E-state index contributed by atoms with van der Waals surface area (Å²) in [6, 6.07) is 7.78. The molecule has 0 bridgehead atoms. The van der Waals surface area contributed by atoms with Crippen LogP contribution in [0.5, 0.6) is 0 Å². The third kappa shape index (κ3) is 2.25. The zero-order chi connectivity index (χ0) is 11.5. The summed E-state index contributed by atoms with van der Waals surface area (Å²) >= 11 is 3.40. The first kappa shape index (κ1) is 11.2. The van der Waals surface area contributed by atoms with Gasteiger partial charge in [0.05, 0.1) is 11.3 Å². The Labute approximate surface area is 103 Å². The van der Waals surface area contributed by atoms with Gasteiger partial charge in [-0.2, -0.15) is 5.26 Å². The molecule has 82 valence electrons. The van der Waals surface area contributed by atoms with Gasteiger partial charge in [0.15, 0.2) is 0 Å². The number of carbonyl (C=O) groups is 1. The molecule has 1 heterocycles. The largest absolute Gasteiger partial charge is 0.370 e. The Morgan fingerprint density at radius 3 is 2.62 bits per heavy atom. The molecule has 1 fully saturated rings. The van der Waals surface area contributed by atoms with Crippen LogP contribution in [0.4, 0.5) is 5.69 Å². The molecule has 0 aromatic heterocycles. The highest BCUT2D eigenvalue weighted by atomic mass is 79.9. The standard InChI is InChI=1S/C12H11BrN2O/c13-10-2-1-9(8-14)12(7-10)15-5-3-11(16)4-6-15/h1-2,7H,3-6H2. The number of nitriles is 1. The third-order valence-electron chi connectivity index (χ3n) is 2.74. The van der Waals surface area contributed by atoms with Crippen LogP contribution in [0, 0.1) is 11.3 Å². The molecule has 1 aliphatic heterocycles. The average Bonchev–Trinajstić information content (AvgIpc) is 2.30. The first-order valence-electron chi connectivity index (χ1n) is 5.17. The number of halogens is 1. The molecule has 4 heteroatoms. The Hall–Kier alpha value is -1.34. The minimum Gasteiger partial charge on any atom is -0.370 e. The predicted octanol–water partition coefficient (Wildman–Crippen LogP) is 2.49. The number of hydrogen-bond acceptors (Lipinski definition) is 3. The van der Waals surface area contributed by atoms with Gasteiger partial charge in [-0.1, -0.05) is 15.9 Å². The molecule has 0 radical (unpaired) electrons. The molecular formula is C12H11BrN2O. The van der Waals surface area contributed by atoms with Crippen LogP contribution in [0.1, 0.15) is 18.4 Å². The number of hydrogen-bond donors (Lipinski definition) is 0. The molecule has 0 spiro atoms. The smallest absolute Gasteiger partial charge is 0.136 e. The van der Waals surface area contributed by atoms with E-state index in [2.05, 4.69) is 26.9 Å².